The molecule has 150 valence electrons. The minimum Gasteiger partial charge on any atom is -0.497 e. The molecule has 4 rings (SSSR count). The summed E-state index contributed by atoms with van der Waals surface area (Å²) in [5.41, 5.74) is 3.06. The van der Waals surface area contributed by atoms with Crippen LogP contribution < -0.4 is 15.2 Å². The number of aryl methyl sites for hydroxylation is 1. The van der Waals surface area contributed by atoms with E-state index in [2.05, 4.69) is 9.97 Å². The highest BCUT2D eigenvalue weighted by molar-refractivity contribution is 6.04. The zero-order chi connectivity index (χ0) is 21.1. The predicted molar refractivity (Wildman–Crippen MR) is 117 cm³/mol. The molecular formula is C24H21N3O3. The van der Waals surface area contributed by atoms with Gasteiger partial charge in [-0.3, -0.25) is 14.6 Å². The molecule has 0 bridgehead atoms. The second-order valence-electron chi connectivity index (χ2n) is 7.02. The van der Waals surface area contributed by atoms with Crippen LogP contribution in [0.5, 0.6) is 5.75 Å². The average Bonchev–Trinajstić information content (AvgIpc) is 2.78. The highest BCUT2D eigenvalue weighted by Crippen LogP contribution is 2.23. The van der Waals surface area contributed by atoms with Crippen molar-refractivity contribution < 1.29 is 9.53 Å². The first-order valence-corrected chi connectivity index (χ1v) is 9.54. The first kappa shape index (κ1) is 19.4. The first-order chi connectivity index (χ1) is 14.5. The molecule has 4 aromatic rings. The molecule has 0 aliphatic heterocycles. The lowest BCUT2D eigenvalue weighted by molar-refractivity contribution is 0.0980. The fraction of sp³-hybridized carbons (Fsp3) is 0.125. The van der Waals surface area contributed by atoms with Crippen molar-refractivity contribution in [3.63, 3.8) is 0 Å². The number of nitrogens with zero attached hydrogens (tertiary/aromatic N) is 2. The normalized spacial score (nSPS) is 10.7. The number of ether oxygens (including phenoxy) is 1. The van der Waals surface area contributed by atoms with Gasteiger partial charge < -0.3 is 14.6 Å². The van der Waals surface area contributed by atoms with E-state index in [9.17, 15) is 9.59 Å². The Kier molecular flexibility index (Phi) is 5.30. The summed E-state index contributed by atoms with van der Waals surface area (Å²) in [7, 11) is 1.59. The lowest BCUT2D eigenvalue weighted by Crippen LogP contribution is -2.33. The van der Waals surface area contributed by atoms with E-state index in [-0.39, 0.29) is 18.0 Å². The zero-order valence-corrected chi connectivity index (χ0v) is 16.8. The molecule has 0 saturated heterocycles. The van der Waals surface area contributed by atoms with E-state index in [0.717, 1.165) is 16.5 Å². The van der Waals surface area contributed by atoms with Crippen LogP contribution in [0.15, 0.2) is 77.7 Å². The van der Waals surface area contributed by atoms with E-state index in [1.165, 1.54) is 0 Å². The molecular weight excluding hydrogens is 378 g/mol. The van der Waals surface area contributed by atoms with Crippen LogP contribution in [-0.2, 0) is 6.54 Å². The summed E-state index contributed by atoms with van der Waals surface area (Å²) in [4.78, 5) is 34.6. The van der Waals surface area contributed by atoms with E-state index < -0.39 is 0 Å². The van der Waals surface area contributed by atoms with Crippen LogP contribution in [0.25, 0.3) is 10.9 Å². The van der Waals surface area contributed by atoms with Crippen molar-refractivity contribution in [1.29, 1.82) is 0 Å². The topological polar surface area (TPSA) is 75.3 Å². The van der Waals surface area contributed by atoms with Crippen LogP contribution in [0, 0.1) is 6.92 Å². The molecule has 6 heteroatoms. The average molecular weight is 399 g/mol. The van der Waals surface area contributed by atoms with Gasteiger partial charge in [-0.1, -0.05) is 18.2 Å². The van der Waals surface area contributed by atoms with Crippen molar-refractivity contribution >= 4 is 22.5 Å². The molecule has 0 fully saturated rings. The number of hydrogen-bond acceptors (Lipinski definition) is 4. The molecule has 2 heterocycles. The molecule has 2 aromatic carbocycles. The molecule has 0 spiro atoms. The number of pyridine rings is 2. The van der Waals surface area contributed by atoms with Crippen LogP contribution in [0.1, 0.15) is 21.6 Å². The molecule has 0 aliphatic rings. The number of aromatic amines is 1. The number of carbonyl (C=O) groups is 1. The van der Waals surface area contributed by atoms with Gasteiger partial charge in [-0.25, -0.2) is 0 Å². The smallest absolute Gasteiger partial charge is 0.277 e. The van der Waals surface area contributed by atoms with Crippen molar-refractivity contribution in [2.75, 3.05) is 12.0 Å². The van der Waals surface area contributed by atoms with Gasteiger partial charge in [0.15, 0.2) is 0 Å². The number of amides is 1. The summed E-state index contributed by atoms with van der Waals surface area (Å²) < 4.78 is 5.22. The first-order valence-electron chi connectivity index (χ1n) is 9.54. The van der Waals surface area contributed by atoms with Crippen LogP contribution in [0.3, 0.4) is 0 Å². The van der Waals surface area contributed by atoms with Crippen LogP contribution in [0.2, 0.25) is 0 Å². The van der Waals surface area contributed by atoms with Crippen molar-refractivity contribution in [2.45, 2.75) is 13.5 Å². The summed E-state index contributed by atoms with van der Waals surface area (Å²) in [6.45, 7) is 2.09. The van der Waals surface area contributed by atoms with Crippen LogP contribution in [0.4, 0.5) is 5.69 Å². The highest BCUT2D eigenvalue weighted by Gasteiger charge is 2.21. The van der Waals surface area contributed by atoms with Gasteiger partial charge in [-0.15, -0.1) is 0 Å². The van der Waals surface area contributed by atoms with E-state index in [1.807, 2.05) is 31.2 Å². The summed E-state index contributed by atoms with van der Waals surface area (Å²) in [6, 6.07) is 20.0. The minimum atomic E-state index is -0.288. The zero-order valence-electron chi connectivity index (χ0n) is 16.8. The number of hydrogen-bond donors (Lipinski definition) is 1. The Morgan fingerprint density at radius 3 is 2.57 bits per heavy atom. The minimum absolute atomic E-state index is 0.112. The fourth-order valence-electron chi connectivity index (χ4n) is 3.32. The van der Waals surface area contributed by atoms with E-state index >= 15 is 0 Å². The largest absolute Gasteiger partial charge is 0.497 e. The van der Waals surface area contributed by atoms with E-state index in [4.69, 9.17) is 4.74 Å². The maximum absolute atomic E-state index is 13.2. The number of benzene rings is 2. The van der Waals surface area contributed by atoms with Gasteiger partial charge in [-0.05, 0) is 66.4 Å². The third-order valence-corrected chi connectivity index (χ3v) is 4.92. The SMILES string of the molecule is COc1ccc(N(Cc2cc3ccc(C)cc3[nH]c2=O)C(=O)c2ccccn2)cc1. The van der Waals surface area contributed by atoms with Crippen molar-refractivity contribution in [3.05, 3.63) is 100 Å². The Morgan fingerprint density at radius 1 is 1.07 bits per heavy atom. The van der Waals surface area contributed by atoms with Gasteiger partial charge in [0.25, 0.3) is 11.5 Å². The molecule has 0 radical (unpaired) electrons. The summed E-state index contributed by atoms with van der Waals surface area (Å²) >= 11 is 0. The molecule has 6 nitrogen and oxygen atoms in total. The monoisotopic (exact) mass is 399 g/mol. The molecule has 30 heavy (non-hydrogen) atoms. The Balaban J connectivity index is 1.76. The van der Waals surface area contributed by atoms with Gasteiger partial charge in [0.2, 0.25) is 0 Å². The van der Waals surface area contributed by atoms with Gasteiger partial charge in [-0.2, -0.15) is 0 Å². The van der Waals surface area contributed by atoms with Crippen molar-refractivity contribution in [2.24, 2.45) is 0 Å². The molecule has 0 saturated carbocycles. The van der Waals surface area contributed by atoms with Crippen LogP contribution >= 0.6 is 0 Å². The third kappa shape index (κ3) is 3.93. The van der Waals surface area contributed by atoms with Gasteiger partial charge >= 0.3 is 0 Å². The van der Waals surface area contributed by atoms with Gasteiger partial charge in [0, 0.05) is 23.0 Å². The van der Waals surface area contributed by atoms with E-state index in [0.29, 0.717) is 22.7 Å². The molecule has 0 atom stereocenters. The number of carbonyl (C=O) groups excluding carboxylic acids is 1. The molecule has 0 unspecified atom stereocenters. The van der Waals surface area contributed by atoms with Gasteiger partial charge in [0.05, 0.1) is 13.7 Å². The summed E-state index contributed by atoms with van der Waals surface area (Å²) in [5, 5.41) is 0.912. The maximum atomic E-state index is 13.2. The number of anilines is 1. The summed E-state index contributed by atoms with van der Waals surface area (Å²) in [5.74, 6) is 0.395. The van der Waals surface area contributed by atoms with E-state index in [1.54, 1.807) is 60.7 Å². The molecule has 1 amide bonds. The Labute approximate surface area is 173 Å². The lowest BCUT2D eigenvalue weighted by atomic mass is 10.1. The second-order valence-corrected chi connectivity index (χ2v) is 7.02. The Hall–Kier alpha value is -3.93. The third-order valence-electron chi connectivity index (χ3n) is 4.92. The van der Waals surface area contributed by atoms with Crippen molar-refractivity contribution in [1.82, 2.24) is 9.97 Å². The Bertz CT molecular complexity index is 1250. The number of aromatic nitrogens is 2. The highest BCUT2D eigenvalue weighted by atomic mass is 16.5. The maximum Gasteiger partial charge on any atom is 0.277 e. The number of methoxy groups -OCH3 is 1. The number of H-pyrrole nitrogens is 1. The Morgan fingerprint density at radius 2 is 1.87 bits per heavy atom. The van der Waals surface area contributed by atoms with Gasteiger partial charge in [0.1, 0.15) is 11.4 Å². The van der Waals surface area contributed by atoms with Crippen molar-refractivity contribution in [3.8, 4) is 5.75 Å². The summed E-state index contributed by atoms with van der Waals surface area (Å²) in [6.07, 6.45) is 1.57. The molecule has 2 aromatic heterocycles. The predicted octanol–water partition coefficient (Wildman–Crippen LogP) is 4.09. The quantitative estimate of drug-likeness (QED) is 0.549. The fourth-order valence-corrected chi connectivity index (χ4v) is 3.32. The second kappa shape index (κ2) is 8.21. The lowest BCUT2D eigenvalue weighted by Gasteiger charge is -2.23. The number of nitrogens with one attached hydrogen (secondary N) is 1. The molecule has 0 aliphatic carbocycles. The number of rotatable bonds is 5. The van der Waals surface area contributed by atoms with Crippen LogP contribution in [-0.4, -0.2) is 23.0 Å². The standard InChI is InChI=1S/C24H21N3O3/c1-16-6-7-17-14-18(23(28)26-22(17)13-16)15-27(19-8-10-20(30-2)11-9-19)24(29)21-5-3-4-12-25-21/h3-14H,15H2,1-2H3,(H,26,28). The molecule has 1 N–H and O–H groups in total. The number of fused-ring (bicyclic) bond motifs is 1.